The van der Waals surface area contributed by atoms with E-state index in [9.17, 15) is 24.3 Å². The zero-order chi connectivity index (χ0) is 27.7. The fourth-order valence-corrected chi connectivity index (χ4v) is 5.24. The van der Waals surface area contributed by atoms with E-state index in [0.29, 0.717) is 5.69 Å². The third-order valence-corrected chi connectivity index (χ3v) is 7.21. The number of imide groups is 1. The van der Waals surface area contributed by atoms with Crippen molar-refractivity contribution in [2.75, 3.05) is 21.7 Å². The monoisotopic (exact) mass is 520 g/mol. The molecule has 1 aliphatic heterocycles. The highest BCUT2D eigenvalue weighted by atomic mass is 16.4. The maximum atomic E-state index is 14.2. The van der Waals surface area contributed by atoms with Crippen LogP contribution >= 0.6 is 0 Å². The van der Waals surface area contributed by atoms with E-state index in [0.717, 1.165) is 37.8 Å². The van der Waals surface area contributed by atoms with Crippen molar-refractivity contribution in [3.63, 3.8) is 0 Å². The predicted octanol–water partition coefficient (Wildman–Crippen LogP) is 5.02. The maximum absolute atomic E-state index is 14.2. The minimum atomic E-state index is -1.45. The Bertz CT molecular complexity index is 1250. The largest absolute Gasteiger partial charge is 0.478 e. The van der Waals surface area contributed by atoms with E-state index in [-0.39, 0.29) is 29.7 Å². The van der Waals surface area contributed by atoms with Gasteiger partial charge in [0.25, 0.3) is 5.91 Å². The number of fused-ring (bicyclic) bond motifs is 1. The molecule has 1 atom stereocenters. The highest BCUT2D eigenvalue weighted by Crippen LogP contribution is 2.40. The smallest absolute Gasteiger partial charge is 0.335 e. The summed E-state index contributed by atoms with van der Waals surface area (Å²) in [6.07, 6.45) is 5.23. The Morgan fingerprint density at radius 1 is 0.974 bits per heavy atom. The van der Waals surface area contributed by atoms with Gasteiger partial charge in [0.1, 0.15) is 5.54 Å². The number of rotatable bonds is 4. The van der Waals surface area contributed by atoms with Crippen molar-refractivity contribution in [1.82, 2.24) is 5.32 Å². The van der Waals surface area contributed by atoms with Crippen LogP contribution in [0.25, 0.3) is 0 Å². The van der Waals surface area contributed by atoms with Crippen LogP contribution in [0.3, 0.4) is 0 Å². The van der Waals surface area contributed by atoms with E-state index in [1.807, 2.05) is 18.2 Å². The molecule has 0 spiro atoms. The van der Waals surface area contributed by atoms with E-state index in [4.69, 9.17) is 0 Å². The van der Waals surface area contributed by atoms with Crippen molar-refractivity contribution in [2.24, 2.45) is 5.41 Å². The summed E-state index contributed by atoms with van der Waals surface area (Å²) in [6.45, 7) is 7.13. The quantitative estimate of drug-likeness (QED) is 0.521. The fraction of sp³-hybridized carbons (Fsp3) is 0.448. The number of aromatic carboxylic acids is 1. The van der Waals surface area contributed by atoms with Crippen LogP contribution in [-0.2, 0) is 9.59 Å². The van der Waals surface area contributed by atoms with Crippen molar-refractivity contribution >= 4 is 40.9 Å². The topological polar surface area (TPSA) is 119 Å². The number of amides is 4. The van der Waals surface area contributed by atoms with Gasteiger partial charge in [-0.15, -0.1) is 0 Å². The number of para-hydroxylation sites is 2. The molecule has 4 rings (SSSR count). The number of anilines is 3. The molecule has 38 heavy (non-hydrogen) atoms. The molecule has 4 amide bonds. The van der Waals surface area contributed by atoms with Crippen LogP contribution in [-0.4, -0.2) is 47.0 Å². The molecule has 2 aromatic carbocycles. The summed E-state index contributed by atoms with van der Waals surface area (Å²) in [4.78, 5) is 55.9. The summed E-state index contributed by atoms with van der Waals surface area (Å²) in [5, 5.41) is 14.8. The first kappa shape index (κ1) is 27.2. The molecule has 0 saturated heterocycles. The molecule has 1 aliphatic carbocycles. The van der Waals surface area contributed by atoms with Crippen LogP contribution in [0.4, 0.5) is 21.9 Å². The zero-order valence-electron chi connectivity index (χ0n) is 22.4. The fourth-order valence-electron chi connectivity index (χ4n) is 5.24. The van der Waals surface area contributed by atoms with E-state index in [1.165, 1.54) is 23.1 Å². The van der Waals surface area contributed by atoms with Crippen LogP contribution in [0, 0.1) is 5.41 Å². The highest BCUT2D eigenvalue weighted by molar-refractivity contribution is 6.22. The molecular formula is C29H36N4O5. The van der Waals surface area contributed by atoms with Gasteiger partial charge in [-0.05, 0) is 50.1 Å². The van der Waals surface area contributed by atoms with Crippen LogP contribution in [0.5, 0.6) is 0 Å². The van der Waals surface area contributed by atoms with Gasteiger partial charge in [0.15, 0.2) is 0 Å². The molecule has 1 fully saturated rings. The van der Waals surface area contributed by atoms with Crippen molar-refractivity contribution in [2.45, 2.75) is 71.4 Å². The summed E-state index contributed by atoms with van der Waals surface area (Å²) in [7, 11) is 0. The van der Waals surface area contributed by atoms with Crippen molar-refractivity contribution < 1.29 is 24.3 Å². The van der Waals surface area contributed by atoms with E-state index in [1.54, 1.807) is 39.8 Å². The Labute approximate surface area is 223 Å². The second kappa shape index (κ2) is 10.5. The standard InChI is InChI=1S/C29H36N4O5/c1-28(2,3)25(36)33-23-16-9-8-15-22(23)32(21-13-6-5-7-14-21)18-29(4,26(33)37)31-27(38)30-20-12-10-11-19(17-20)24(34)35/h8-12,15-17,21H,5-7,13-14,18H2,1-4H3,(H,34,35)(H2,30,31,38). The Hall–Kier alpha value is -3.88. The van der Waals surface area contributed by atoms with E-state index >= 15 is 0 Å². The van der Waals surface area contributed by atoms with Gasteiger partial charge in [-0.3, -0.25) is 9.59 Å². The first-order valence-corrected chi connectivity index (χ1v) is 13.1. The summed E-state index contributed by atoms with van der Waals surface area (Å²) < 4.78 is 0. The second-order valence-corrected chi connectivity index (χ2v) is 11.4. The van der Waals surface area contributed by atoms with Gasteiger partial charge in [0.05, 0.1) is 23.5 Å². The predicted molar refractivity (Wildman–Crippen MR) is 147 cm³/mol. The van der Waals surface area contributed by atoms with E-state index < -0.39 is 28.9 Å². The number of carboxylic acids is 1. The molecule has 3 N–H and O–H groups in total. The Morgan fingerprint density at radius 3 is 2.26 bits per heavy atom. The lowest BCUT2D eigenvalue weighted by Gasteiger charge is -2.40. The number of benzene rings is 2. The summed E-state index contributed by atoms with van der Waals surface area (Å²) in [5.74, 6) is -1.99. The third kappa shape index (κ3) is 5.51. The summed E-state index contributed by atoms with van der Waals surface area (Å²) >= 11 is 0. The maximum Gasteiger partial charge on any atom is 0.335 e. The average molecular weight is 521 g/mol. The van der Waals surface area contributed by atoms with Gasteiger partial charge in [-0.1, -0.05) is 58.2 Å². The summed E-state index contributed by atoms with van der Waals surface area (Å²) in [5.41, 5.74) is -0.675. The van der Waals surface area contributed by atoms with Crippen molar-refractivity contribution in [3.05, 3.63) is 54.1 Å². The summed E-state index contributed by atoms with van der Waals surface area (Å²) in [6, 6.07) is 12.8. The second-order valence-electron chi connectivity index (χ2n) is 11.4. The average Bonchev–Trinajstić information content (AvgIpc) is 2.96. The molecule has 1 heterocycles. The van der Waals surface area contributed by atoms with Crippen LogP contribution in [0.1, 0.15) is 70.2 Å². The molecule has 0 bridgehead atoms. The first-order chi connectivity index (χ1) is 17.9. The molecule has 0 aromatic heterocycles. The van der Waals surface area contributed by atoms with Gasteiger partial charge < -0.3 is 20.6 Å². The van der Waals surface area contributed by atoms with Gasteiger partial charge in [-0.2, -0.15) is 0 Å². The number of nitrogens with one attached hydrogen (secondary N) is 2. The number of carbonyl (C=O) groups is 4. The minimum absolute atomic E-state index is 0.0282. The zero-order valence-corrected chi connectivity index (χ0v) is 22.4. The number of carboxylic acid groups (broad SMARTS) is 1. The Morgan fingerprint density at radius 2 is 1.63 bits per heavy atom. The Balaban J connectivity index is 1.74. The van der Waals surface area contributed by atoms with Gasteiger partial charge in [-0.25, -0.2) is 14.5 Å². The van der Waals surface area contributed by atoms with Crippen LogP contribution in [0.15, 0.2) is 48.5 Å². The van der Waals surface area contributed by atoms with Crippen molar-refractivity contribution in [1.29, 1.82) is 0 Å². The molecule has 2 aromatic rings. The molecule has 9 nitrogen and oxygen atoms in total. The normalized spacial score (nSPS) is 20.4. The SMILES string of the molecule is CC(C)(C)C(=O)N1C(=O)C(C)(NC(=O)Nc2cccc(C(=O)O)c2)CN(C2CCCCC2)c2ccccc21. The number of urea groups is 1. The molecule has 1 unspecified atom stereocenters. The van der Waals surface area contributed by atoms with Crippen LogP contribution in [0.2, 0.25) is 0 Å². The molecule has 2 aliphatic rings. The van der Waals surface area contributed by atoms with Crippen molar-refractivity contribution in [3.8, 4) is 0 Å². The van der Waals surface area contributed by atoms with Crippen LogP contribution < -0.4 is 20.4 Å². The number of hydrogen-bond donors (Lipinski definition) is 3. The molecule has 202 valence electrons. The molecular weight excluding hydrogens is 484 g/mol. The molecule has 0 radical (unpaired) electrons. The molecule has 1 saturated carbocycles. The van der Waals surface area contributed by atoms with Gasteiger partial charge >= 0.3 is 12.0 Å². The number of nitrogens with zero attached hydrogens (tertiary/aromatic N) is 2. The lowest BCUT2D eigenvalue weighted by Crippen LogP contribution is -2.64. The third-order valence-electron chi connectivity index (χ3n) is 7.21. The van der Waals surface area contributed by atoms with Gasteiger partial charge in [0.2, 0.25) is 5.91 Å². The number of hydrogen-bond acceptors (Lipinski definition) is 5. The molecule has 9 heteroatoms. The number of carbonyl (C=O) groups excluding carboxylic acids is 3. The minimum Gasteiger partial charge on any atom is -0.478 e. The van der Waals surface area contributed by atoms with Gasteiger partial charge in [0, 0.05) is 17.1 Å². The van der Waals surface area contributed by atoms with E-state index in [2.05, 4.69) is 15.5 Å². The lowest BCUT2D eigenvalue weighted by atomic mass is 9.91. The highest BCUT2D eigenvalue weighted by Gasteiger charge is 2.49. The Kier molecular flexibility index (Phi) is 7.49. The lowest BCUT2D eigenvalue weighted by molar-refractivity contribution is -0.133. The first-order valence-electron chi connectivity index (χ1n) is 13.1.